The Bertz CT molecular complexity index is 444. The normalized spacial score (nSPS) is 23.4. The Kier molecular flexibility index (Phi) is 6.42. The van der Waals surface area contributed by atoms with Gasteiger partial charge in [-0.2, -0.15) is 0 Å². The predicted octanol–water partition coefficient (Wildman–Crippen LogP) is 2.05. The maximum absolute atomic E-state index is 9.88. The maximum atomic E-state index is 9.88. The van der Waals surface area contributed by atoms with Gasteiger partial charge in [-0.1, -0.05) is 24.2 Å². The van der Waals surface area contributed by atoms with Crippen molar-refractivity contribution in [3.05, 3.63) is 29.7 Å². The third-order valence-electron chi connectivity index (χ3n) is 3.92. The highest BCUT2D eigenvalue weighted by molar-refractivity contribution is 5.02. The van der Waals surface area contributed by atoms with Gasteiger partial charge in [-0.05, 0) is 31.6 Å². The molecule has 1 heterocycles. The minimum absolute atomic E-state index is 0.370. The van der Waals surface area contributed by atoms with Crippen LogP contribution in [0, 0.1) is 18.8 Å². The Labute approximate surface area is 126 Å². The van der Waals surface area contributed by atoms with Gasteiger partial charge in [0.1, 0.15) is 0 Å². The molecule has 2 rings (SSSR count). The van der Waals surface area contributed by atoms with Crippen molar-refractivity contribution in [3.8, 4) is 0 Å². The zero-order valence-corrected chi connectivity index (χ0v) is 12.9. The number of ether oxygens (including phenoxy) is 1. The van der Waals surface area contributed by atoms with Gasteiger partial charge in [-0.25, -0.2) is 0 Å². The molecule has 0 fully saturated rings. The van der Waals surface area contributed by atoms with Gasteiger partial charge >= 0.3 is 0 Å². The first-order chi connectivity index (χ1) is 10.1. The number of nitrogens with zero attached hydrogens (tertiary/aromatic N) is 1. The van der Waals surface area contributed by atoms with Crippen molar-refractivity contribution < 1.29 is 14.4 Å². The van der Waals surface area contributed by atoms with E-state index in [1.807, 2.05) is 13.0 Å². The summed E-state index contributed by atoms with van der Waals surface area (Å²) >= 11 is 0. The first kappa shape index (κ1) is 16.2. The number of hydrogen-bond donors (Lipinski definition) is 2. The van der Waals surface area contributed by atoms with E-state index < -0.39 is 6.10 Å². The van der Waals surface area contributed by atoms with E-state index in [2.05, 4.69) is 29.5 Å². The molecule has 118 valence electrons. The third-order valence-corrected chi connectivity index (χ3v) is 3.92. The lowest BCUT2D eigenvalue weighted by molar-refractivity contribution is 0.0126. The molecule has 1 aromatic rings. The Morgan fingerprint density at radius 2 is 2.29 bits per heavy atom. The van der Waals surface area contributed by atoms with Crippen molar-refractivity contribution in [2.75, 3.05) is 19.8 Å². The molecule has 1 aliphatic carbocycles. The van der Waals surface area contributed by atoms with Crippen molar-refractivity contribution in [3.63, 3.8) is 0 Å². The third kappa shape index (κ3) is 5.61. The smallest absolute Gasteiger partial charge is 0.150 e. The summed E-state index contributed by atoms with van der Waals surface area (Å²) in [5, 5.41) is 16.8. The highest BCUT2D eigenvalue weighted by Gasteiger charge is 2.18. The van der Waals surface area contributed by atoms with Crippen LogP contribution in [-0.2, 0) is 11.3 Å². The minimum atomic E-state index is -0.497. The lowest BCUT2D eigenvalue weighted by atomic mass is 9.85. The lowest BCUT2D eigenvalue weighted by Crippen LogP contribution is -2.31. The van der Waals surface area contributed by atoms with E-state index in [9.17, 15) is 5.11 Å². The zero-order valence-electron chi connectivity index (χ0n) is 12.9. The molecular formula is C16H26N2O3. The number of aliphatic hydroxyl groups excluding tert-OH is 1. The van der Waals surface area contributed by atoms with Crippen LogP contribution >= 0.6 is 0 Å². The van der Waals surface area contributed by atoms with E-state index in [0.29, 0.717) is 31.5 Å². The van der Waals surface area contributed by atoms with E-state index in [4.69, 9.17) is 9.26 Å². The fourth-order valence-corrected chi connectivity index (χ4v) is 2.51. The molecule has 21 heavy (non-hydrogen) atoms. The molecule has 2 N–H and O–H groups in total. The number of aromatic nitrogens is 1. The summed E-state index contributed by atoms with van der Waals surface area (Å²) in [5.41, 5.74) is 0.867. The molecule has 0 aliphatic heterocycles. The van der Waals surface area contributed by atoms with Crippen molar-refractivity contribution in [2.24, 2.45) is 11.8 Å². The van der Waals surface area contributed by atoms with Crippen molar-refractivity contribution >= 4 is 0 Å². The minimum Gasteiger partial charge on any atom is -0.389 e. The number of aliphatic hydroxyl groups is 1. The SMILES string of the molecule is Cc1cc(CNCC(O)COCC2CC=CCC2C)on1. The molecule has 1 aliphatic rings. The van der Waals surface area contributed by atoms with E-state index in [-0.39, 0.29) is 0 Å². The average molecular weight is 294 g/mol. The van der Waals surface area contributed by atoms with Crippen LogP contribution in [0.25, 0.3) is 0 Å². The summed E-state index contributed by atoms with van der Waals surface area (Å²) in [6.45, 7) is 6.30. The molecule has 0 bridgehead atoms. The molecule has 3 atom stereocenters. The first-order valence-corrected chi connectivity index (χ1v) is 7.69. The van der Waals surface area contributed by atoms with Crippen LogP contribution in [0.3, 0.4) is 0 Å². The quantitative estimate of drug-likeness (QED) is 0.718. The molecule has 0 saturated heterocycles. The first-order valence-electron chi connectivity index (χ1n) is 7.69. The molecule has 0 radical (unpaired) electrons. The van der Waals surface area contributed by atoms with Crippen LogP contribution in [0.4, 0.5) is 0 Å². The molecular weight excluding hydrogens is 268 g/mol. The molecule has 5 nitrogen and oxygen atoms in total. The fraction of sp³-hybridized carbons (Fsp3) is 0.688. The Hall–Kier alpha value is -1.17. The number of allylic oxidation sites excluding steroid dienone is 2. The summed E-state index contributed by atoms with van der Waals surface area (Å²) in [7, 11) is 0. The highest BCUT2D eigenvalue weighted by Crippen LogP contribution is 2.24. The lowest BCUT2D eigenvalue weighted by Gasteiger charge is -2.25. The maximum Gasteiger partial charge on any atom is 0.150 e. The number of aryl methyl sites for hydroxylation is 1. The summed E-state index contributed by atoms with van der Waals surface area (Å²) < 4.78 is 10.7. The van der Waals surface area contributed by atoms with Crippen LogP contribution in [0.1, 0.15) is 31.2 Å². The summed E-state index contributed by atoms with van der Waals surface area (Å²) in [5.74, 6) is 2.02. The Morgan fingerprint density at radius 1 is 1.48 bits per heavy atom. The zero-order chi connectivity index (χ0) is 15.1. The standard InChI is InChI=1S/C16H26N2O3/c1-12-5-3-4-6-14(12)10-20-11-15(19)8-17-9-16-7-13(2)18-21-16/h3-4,7,12,14-15,17,19H,5-6,8-11H2,1-2H3. The van der Waals surface area contributed by atoms with Gasteiger partial charge in [0.25, 0.3) is 0 Å². The van der Waals surface area contributed by atoms with Crippen molar-refractivity contribution in [2.45, 2.75) is 39.3 Å². The van der Waals surface area contributed by atoms with Gasteiger partial charge in [0, 0.05) is 12.6 Å². The van der Waals surface area contributed by atoms with Crippen LogP contribution in [0.15, 0.2) is 22.7 Å². The van der Waals surface area contributed by atoms with Crippen LogP contribution in [-0.4, -0.2) is 36.1 Å². The topological polar surface area (TPSA) is 67.5 Å². The molecule has 5 heteroatoms. The van der Waals surface area contributed by atoms with Crippen LogP contribution < -0.4 is 5.32 Å². The number of rotatable bonds is 8. The van der Waals surface area contributed by atoms with Gasteiger partial charge in [0.2, 0.25) is 0 Å². The Balaban J connectivity index is 1.55. The second-order valence-electron chi connectivity index (χ2n) is 5.94. The summed E-state index contributed by atoms with van der Waals surface area (Å²) in [6.07, 6.45) is 6.19. The second kappa shape index (κ2) is 8.32. The van der Waals surface area contributed by atoms with Gasteiger partial charge in [0.15, 0.2) is 5.76 Å². The average Bonchev–Trinajstić information content (AvgIpc) is 2.87. The number of nitrogens with one attached hydrogen (secondary N) is 1. The fourth-order valence-electron chi connectivity index (χ4n) is 2.51. The molecule has 0 spiro atoms. The molecule has 0 aromatic carbocycles. The molecule has 1 aromatic heterocycles. The van der Waals surface area contributed by atoms with E-state index in [0.717, 1.165) is 30.9 Å². The second-order valence-corrected chi connectivity index (χ2v) is 5.94. The highest BCUT2D eigenvalue weighted by atomic mass is 16.5. The van der Waals surface area contributed by atoms with Gasteiger partial charge in [-0.3, -0.25) is 0 Å². The van der Waals surface area contributed by atoms with E-state index in [1.54, 1.807) is 0 Å². The van der Waals surface area contributed by atoms with Crippen molar-refractivity contribution in [1.29, 1.82) is 0 Å². The molecule has 0 saturated carbocycles. The van der Waals surface area contributed by atoms with Gasteiger partial charge < -0.3 is 19.7 Å². The van der Waals surface area contributed by atoms with E-state index >= 15 is 0 Å². The van der Waals surface area contributed by atoms with Gasteiger partial charge in [0.05, 0.1) is 31.6 Å². The van der Waals surface area contributed by atoms with E-state index in [1.165, 1.54) is 0 Å². The molecule has 0 amide bonds. The summed E-state index contributed by atoms with van der Waals surface area (Å²) in [6, 6.07) is 1.88. The van der Waals surface area contributed by atoms with Crippen LogP contribution in [0.2, 0.25) is 0 Å². The van der Waals surface area contributed by atoms with Crippen molar-refractivity contribution in [1.82, 2.24) is 10.5 Å². The van der Waals surface area contributed by atoms with Crippen LogP contribution in [0.5, 0.6) is 0 Å². The predicted molar refractivity (Wildman–Crippen MR) is 80.8 cm³/mol. The van der Waals surface area contributed by atoms with Gasteiger partial charge in [-0.15, -0.1) is 0 Å². The Morgan fingerprint density at radius 3 is 3.00 bits per heavy atom. The monoisotopic (exact) mass is 294 g/mol. The summed E-state index contributed by atoms with van der Waals surface area (Å²) in [4.78, 5) is 0. The molecule has 3 unspecified atom stereocenters. The number of hydrogen-bond acceptors (Lipinski definition) is 5. The largest absolute Gasteiger partial charge is 0.389 e.